The molecule has 0 aliphatic heterocycles. The predicted octanol–water partition coefficient (Wildman–Crippen LogP) is 3.94. The lowest BCUT2D eigenvalue weighted by Gasteiger charge is -2.15. The van der Waals surface area contributed by atoms with Crippen LogP contribution in [0.15, 0.2) is 47.0 Å². The second-order valence-corrected chi connectivity index (χ2v) is 6.22. The lowest BCUT2D eigenvalue weighted by atomic mass is 10.1. The van der Waals surface area contributed by atoms with Crippen molar-refractivity contribution in [1.29, 1.82) is 0 Å². The summed E-state index contributed by atoms with van der Waals surface area (Å²) in [5.74, 6) is 1.61. The number of ether oxygens (including phenoxy) is 2. The van der Waals surface area contributed by atoms with Gasteiger partial charge in [0.05, 0.1) is 19.8 Å². The molecule has 7 nitrogen and oxygen atoms in total. The zero-order valence-corrected chi connectivity index (χ0v) is 15.7. The number of aromatic nitrogens is 2. The maximum atomic E-state index is 8.89. The number of halogens is 1. The number of nitrogens with one attached hydrogen (secondary N) is 1. The summed E-state index contributed by atoms with van der Waals surface area (Å²) >= 11 is 6.00. The summed E-state index contributed by atoms with van der Waals surface area (Å²) in [6, 6.07) is 13.0. The number of benzene rings is 2. The van der Waals surface area contributed by atoms with Gasteiger partial charge in [0.2, 0.25) is 5.82 Å². The highest BCUT2D eigenvalue weighted by atomic mass is 35.5. The molecule has 8 heteroatoms. The summed E-state index contributed by atoms with van der Waals surface area (Å²) in [7, 11) is 1.57. The van der Waals surface area contributed by atoms with Crippen molar-refractivity contribution in [2.24, 2.45) is 0 Å². The molecule has 0 bridgehead atoms. The van der Waals surface area contributed by atoms with E-state index in [9.17, 15) is 0 Å². The van der Waals surface area contributed by atoms with E-state index in [2.05, 4.69) is 15.5 Å². The number of aliphatic hydroxyl groups is 1. The highest BCUT2D eigenvalue weighted by Gasteiger charge is 2.15. The smallest absolute Gasteiger partial charge is 0.322 e. The van der Waals surface area contributed by atoms with Crippen molar-refractivity contribution >= 4 is 17.6 Å². The average Bonchev–Trinajstić information content (AvgIpc) is 3.14. The molecule has 0 fully saturated rings. The van der Waals surface area contributed by atoms with Gasteiger partial charge in [-0.1, -0.05) is 35.0 Å². The Morgan fingerprint density at radius 1 is 1.22 bits per heavy atom. The highest BCUT2D eigenvalue weighted by molar-refractivity contribution is 6.30. The van der Waals surface area contributed by atoms with Gasteiger partial charge in [-0.15, -0.1) is 0 Å². The van der Waals surface area contributed by atoms with E-state index < -0.39 is 0 Å². The van der Waals surface area contributed by atoms with Crippen molar-refractivity contribution < 1.29 is 19.1 Å². The van der Waals surface area contributed by atoms with Crippen molar-refractivity contribution in [3.63, 3.8) is 0 Å². The van der Waals surface area contributed by atoms with Crippen molar-refractivity contribution in [3.05, 3.63) is 53.1 Å². The summed E-state index contributed by atoms with van der Waals surface area (Å²) in [4.78, 5) is 4.36. The third-order valence-electron chi connectivity index (χ3n) is 3.89. The molecule has 0 unspecified atom stereocenters. The Bertz CT molecular complexity index is 900. The van der Waals surface area contributed by atoms with Gasteiger partial charge in [-0.05, 0) is 36.8 Å². The lowest BCUT2D eigenvalue weighted by Crippen LogP contribution is -2.08. The van der Waals surface area contributed by atoms with Crippen LogP contribution in [0.2, 0.25) is 5.02 Å². The topological polar surface area (TPSA) is 89.6 Å². The fraction of sp³-hybridized carbons (Fsp3) is 0.263. The zero-order chi connectivity index (χ0) is 19.2. The van der Waals surface area contributed by atoms with Gasteiger partial charge in [-0.25, -0.2) is 0 Å². The molecule has 0 radical (unpaired) electrons. The quantitative estimate of drug-likeness (QED) is 0.603. The van der Waals surface area contributed by atoms with E-state index in [1.54, 1.807) is 25.3 Å². The molecule has 1 aromatic heterocycles. The Morgan fingerprint density at radius 3 is 2.81 bits per heavy atom. The Balaban J connectivity index is 1.73. The molecule has 3 rings (SSSR count). The van der Waals surface area contributed by atoms with Crippen LogP contribution in [0.1, 0.15) is 18.5 Å². The fourth-order valence-corrected chi connectivity index (χ4v) is 2.71. The number of hydrogen-bond acceptors (Lipinski definition) is 7. The van der Waals surface area contributed by atoms with Crippen LogP contribution in [-0.4, -0.2) is 35.6 Å². The Labute approximate surface area is 161 Å². The van der Waals surface area contributed by atoms with Crippen LogP contribution >= 0.6 is 11.6 Å². The van der Waals surface area contributed by atoms with E-state index in [1.165, 1.54) is 0 Å². The van der Waals surface area contributed by atoms with Crippen LogP contribution in [-0.2, 0) is 0 Å². The molecule has 0 saturated carbocycles. The zero-order valence-electron chi connectivity index (χ0n) is 15.0. The number of aliphatic hydroxyl groups excluding tert-OH is 1. The van der Waals surface area contributed by atoms with Crippen LogP contribution in [0.25, 0.3) is 11.4 Å². The van der Waals surface area contributed by atoms with E-state index in [4.69, 9.17) is 30.7 Å². The molecule has 27 heavy (non-hydrogen) atoms. The van der Waals surface area contributed by atoms with Gasteiger partial charge >= 0.3 is 6.01 Å². The highest BCUT2D eigenvalue weighted by Crippen LogP contribution is 2.31. The second kappa shape index (κ2) is 8.75. The van der Waals surface area contributed by atoms with Gasteiger partial charge in [0.1, 0.15) is 6.61 Å². The third-order valence-corrected chi connectivity index (χ3v) is 4.12. The Hall–Kier alpha value is -2.77. The van der Waals surface area contributed by atoms with Gasteiger partial charge in [0, 0.05) is 10.6 Å². The summed E-state index contributed by atoms with van der Waals surface area (Å²) in [5.41, 5.74) is 1.73. The van der Waals surface area contributed by atoms with Gasteiger partial charge in [-0.3, -0.25) is 0 Å². The van der Waals surface area contributed by atoms with Crippen LogP contribution in [0.5, 0.6) is 11.5 Å². The first-order chi connectivity index (χ1) is 13.1. The number of nitrogens with zero attached hydrogens (tertiary/aromatic N) is 2. The van der Waals surface area contributed by atoms with E-state index in [1.807, 2.05) is 31.2 Å². The number of hydrogen-bond donors (Lipinski definition) is 2. The average molecular weight is 390 g/mol. The van der Waals surface area contributed by atoms with E-state index in [0.29, 0.717) is 28.4 Å². The van der Waals surface area contributed by atoms with Crippen molar-refractivity contribution in [2.45, 2.75) is 13.0 Å². The van der Waals surface area contributed by atoms with Gasteiger partial charge in [-0.2, -0.15) is 4.98 Å². The van der Waals surface area contributed by atoms with Gasteiger partial charge < -0.3 is 24.4 Å². The van der Waals surface area contributed by atoms with Crippen LogP contribution in [0.3, 0.4) is 0 Å². The minimum absolute atomic E-state index is 0.0605. The molecule has 0 aliphatic rings. The van der Waals surface area contributed by atoms with Gasteiger partial charge in [0.15, 0.2) is 11.5 Å². The molecule has 1 heterocycles. The molecule has 0 amide bonds. The van der Waals surface area contributed by atoms with Crippen LogP contribution in [0.4, 0.5) is 6.01 Å². The minimum atomic E-state index is -0.113. The summed E-state index contributed by atoms with van der Waals surface area (Å²) in [6.07, 6.45) is 0. The molecule has 0 saturated heterocycles. The van der Waals surface area contributed by atoms with E-state index >= 15 is 0 Å². The largest absolute Gasteiger partial charge is 0.493 e. The van der Waals surface area contributed by atoms with Crippen molar-refractivity contribution in [2.75, 3.05) is 25.6 Å². The monoisotopic (exact) mass is 389 g/mol. The fourth-order valence-electron chi connectivity index (χ4n) is 2.52. The summed E-state index contributed by atoms with van der Waals surface area (Å²) in [5, 5.41) is 16.6. The summed E-state index contributed by atoms with van der Waals surface area (Å²) < 4.78 is 16.1. The Kier molecular flexibility index (Phi) is 6.16. The number of anilines is 1. The molecule has 2 N–H and O–H groups in total. The summed E-state index contributed by atoms with van der Waals surface area (Å²) in [6.45, 7) is 2.11. The molecular weight excluding hydrogens is 370 g/mol. The van der Waals surface area contributed by atoms with Gasteiger partial charge in [0.25, 0.3) is 0 Å². The molecule has 142 valence electrons. The minimum Gasteiger partial charge on any atom is -0.493 e. The Morgan fingerprint density at radius 2 is 2.07 bits per heavy atom. The molecular formula is C19H20ClN3O4. The van der Waals surface area contributed by atoms with Crippen molar-refractivity contribution in [3.8, 4) is 22.9 Å². The first-order valence-electron chi connectivity index (χ1n) is 8.38. The van der Waals surface area contributed by atoms with Crippen molar-refractivity contribution in [1.82, 2.24) is 10.1 Å². The maximum Gasteiger partial charge on any atom is 0.322 e. The first-order valence-corrected chi connectivity index (χ1v) is 8.76. The second-order valence-electron chi connectivity index (χ2n) is 5.78. The molecule has 1 atom stereocenters. The number of rotatable bonds is 8. The molecule has 2 aromatic carbocycles. The van der Waals surface area contributed by atoms with Crippen LogP contribution < -0.4 is 14.8 Å². The normalized spacial score (nSPS) is 11.9. The number of methoxy groups -OCH3 is 1. The maximum absolute atomic E-state index is 8.89. The SMILES string of the molecule is COc1cc([C@@H](C)Nc2nc(-c3cccc(Cl)c3)no2)ccc1OCCO. The standard InChI is InChI=1S/C19H20ClN3O4/c1-12(13-6-7-16(26-9-8-24)17(11-13)25-2)21-19-22-18(23-27-19)14-4-3-5-15(20)10-14/h3-7,10-12,24H,8-9H2,1-2H3,(H,21,22,23)/t12-/m1/s1. The van der Waals surface area contributed by atoms with E-state index in [0.717, 1.165) is 11.1 Å². The predicted molar refractivity (Wildman–Crippen MR) is 102 cm³/mol. The van der Waals surface area contributed by atoms with E-state index in [-0.39, 0.29) is 19.3 Å². The third kappa shape index (κ3) is 4.69. The molecule has 0 spiro atoms. The van der Waals surface area contributed by atoms with Crippen LogP contribution in [0, 0.1) is 0 Å². The molecule has 3 aromatic rings. The lowest BCUT2D eigenvalue weighted by molar-refractivity contribution is 0.196. The first kappa shape index (κ1) is 19.0. The molecule has 0 aliphatic carbocycles.